The van der Waals surface area contributed by atoms with Crippen LogP contribution in [0.5, 0.6) is 6.08 Å². The second-order valence-electron chi connectivity index (χ2n) is 3.27. The lowest BCUT2D eigenvalue weighted by Crippen LogP contribution is -2.13. The smallest absolute Gasteiger partial charge is 0.414 e. The third-order valence-corrected chi connectivity index (χ3v) is 1.53. The van der Waals surface area contributed by atoms with Gasteiger partial charge in [0.15, 0.2) is 0 Å². The Labute approximate surface area is 84.4 Å². The van der Waals surface area contributed by atoms with E-state index in [1.54, 1.807) is 0 Å². The molecule has 0 aliphatic heterocycles. The number of ether oxygens (including phenoxy) is 1. The monoisotopic (exact) mass is 224 g/mol. The molecule has 0 amide bonds. The van der Waals surface area contributed by atoms with E-state index < -0.39 is 19.2 Å². The van der Waals surface area contributed by atoms with Crippen LogP contribution in [-0.2, 0) is 0 Å². The molecule has 1 heterocycles. The van der Waals surface area contributed by atoms with Crippen molar-refractivity contribution >= 4 is 0 Å². The lowest BCUT2D eigenvalue weighted by molar-refractivity contribution is -0.140. The van der Waals surface area contributed by atoms with E-state index in [4.69, 9.17) is 4.42 Å². The summed E-state index contributed by atoms with van der Waals surface area (Å²) in [4.78, 5) is 0. The third-order valence-electron chi connectivity index (χ3n) is 1.53. The molecule has 0 radical (unpaired) electrons. The molecule has 0 saturated heterocycles. The molecule has 0 spiro atoms. The summed E-state index contributed by atoms with van der Waals surface area (Å²) in [5.41, 5.74) is 0. The van der Waals surface area contributed by atoms with Crippen molar-refractivity contribution in [3.05, 3.63) is 5.89 Å². The summed E-state index contributed by atoms with van der Waals surface area (Å²) in [6, 6.07) is 0. The second-order valence-corrected chi connectivity index (χ2v) is 3.27. The van der Waals surface area contributed by atoms with Crippen LogP contribution in [0.25, 0.3) is 0 Å². The lowest BCUT2D eigenvalue weighted by atomic mass is 10.2. The predicted octanol–water partition coefficient (Wildman–Crippen LogP) is 2.52. The number of rotatable bonds is 4. The van der Waals surface area contributed by atoms with E-state index >= 15 is 0 Å². The van der Waals surface area contributed by atoms with Gasteiger partial charge in [-0.05, 0) is 0 Å². The minimum absolute atomic E-state index is 0.0254. The van der Waals surface area contributed by atoms with Crippen molar-refractivity contribution in [3.63, 3.8) is 0 Å². The highest BCUT2D eigenvalue weighted by molar-refractivity contribution is 4.90. The van der Waals surface area contributed by atoms with Gasteiger partial charge in [-0.25, -0.2) is 0 Å². The van der Waals surface area contributed by atoms with E-state index in [0.29, 0.717) is 5.89 Å². The number of nitrogens with zero attached hydrogens (tertiary/aromatic N) is 2. The standard InChI is InChI=1S/C8H11F3N2O2/c1-5(2)6-12-13-7(15-6)14-4-3-8(9,10)11/h5H,3-4H2,1-2H3. The van der Waals surface area contributed by atoms with E-state index in [0.717, 1.165) is 0 Å². The van der Waals surface area contributed by atoms with Gasteiger partial charge in [-0.2, -0.15) is 13.2 Å². The fourth-order valence-corrected chi connectivity index (χ4v) is 0.766. The van der Waals surface area contributed by atoms with E-state index in [9.17, 15) is 13.2 Å². The first-order valence-corrected chi connectivity index (χ1v) is 4.41. The Morgan fingerprint density at radius 2 is 2.00 bits per heavy atom. The van der Waals surface area contributed by atoms with Crippen molar-refractivity contribution in [2.45, 2.75) is 32.4 Å². The van der Waals surface area contributed by atoms with E-state index in [-0.39, 0.29) is 12.0 Å². The van der Waals surface area contributed by atoms with Crippen LogP contribution in [0.2, 0.25) is 0 Å². The average molecular weight is 224 g/mol. The fourth-order valence-electron chi connectivity index (χ4n) is 0.766. The van der Waals surface area contributed by atoms with Crippen molar-refractivity contribution in [2.24, 2.45) is 0 Å². The molecule has 1 rings (SSSR count). The summed E-state index contributed by atoms with van der Waals surface area (Å²) in [6.07, 6.45) is -5.49. The van der Waals surface area contributed by atoms with Crippen LogP contribution in [-0.4, -0.2) is 23.0 Å². The van der Waals surface area contributed by atoms with Crippen LogP contribution < -0.4 is 4.74 Å². The first kappa shape index (κ1) is 11.8. The molecule has 1 aromatic rings. The molecular weight excluding hydrogens is 213 g/mol. The van der Waals surface area contributed by atoms with Crippen molar-refractivity contribution in [2.75, 3.05) is 6.61 Å². The highest BCUT2D eigenvalue weighted by Gasteiger charge is 2.27. The fraction of sp³-hybridized carbons (Fsp3) is 0.750. The molecule has 0 N–H and O–H groups in total. The molecule has 0 bridgehead atoms. The van der Waals surface area contributed by atoms with Gasteiger partial charge in [0.05, 0.1) is 6.42 Å². The molecule has 15 heavy (non-hydrogen) atoms. The zero-order chi connectivity index (χ0) is 11.5. The lowest BCUT2D eigenvalue weighted by Gasteiger charge is -2.04. The Hall–Kier alpha value is -1.27. The molecule has 0 atom stereocenters. The van der Waals surface area contributed by atoms with Gasteiger partial charge in [0, 0.05) is 5.92 Å². The maximum Gasteiger partial charge on any atom is 0.414 e. The zero-order valence-electron chi connectivity index (χ0n) is 8.34. The Kier molecular flexibility index (Phi) is 3.54. The molecule has 86 valence electrons. The summed E-state index contributed by atoms with van der Waals surface area (Å²) < 4.78 is 44.8. The van der Waals surface area contributed by atoms with E-state index in [1.165, 1.54) is 0 Å². The van der Waals surface area contributed by atoms with Gasteiger partial charge in [-0.3, -0.25) is 0 Å². The average Bonchev–Trinajstić information content (AvgIpc) is 2.50. The largest absolute Gasteiger partial charge is 0.449 e. The Bertz CT molecular complexity index is 309. The molecule has 0 aliphatic carbocycles. The predicted molar refractivity (Wildman–Crippen MR) is 44.6 cm³/mol. The zero-order valence-corrected chi connectivity index (χ0v) is 8.34. The topological polar surface area (TPSA) is 48.2 Å². The van der Waals surface area contributed by atoms with Crippen LogP contribution in [0.3, 0.4) is 0 Å². The van der Waals surface area contributed by atoms with Crippen LogP contribution in [0.15, 0.2) is 4.42 Å². The van der Waals surface area contributed by atoms with Crippen molar-refractivity contribution < 1.29 is 22.3 Å². The highest BCUT2D eigenvalue weighted by atomic mass is 19.4. The molecule has 0 aromatic carbocycles. The summed E-state index contributed by atoms with van der Waals surface area (Å²) >= 11 is 0. The molecular formula is C8H11F3N2O2. The highest BCUT2D eigenvalue weighted by Crippen LogP contribution is 2.21. The summed E-state index contributed by atoms with van der Waals surface area (Å²) in [7, 11) is 0. The summed E-state index contributed by atoms with van der Waals surface area (Å²) in [5, 5.41) is 7.06. The van der Waals surface area contributed by atoms with Gasteiger partial charge < -0.3 is 9.15 Å². The molecule has 4 nitrogen and oxygen atoms in total. The van der Waals surface area contributed by atoms with Gasteiger partial charge in [0.2, 0.25) is 5.89 Å². The van der Waals surface area contributed by atoms with E-state index in [1.807, 2.05) is 13.8 Å². The molecule has 0 fully saturated rings. The normalized spacial score (nSPS) is 12.1. The summed E-state index contributed by atoms with van der Waals surface area (Å²) in [6.45, 7) is 3.14. The quantitative estimate of drug-likeness (QED) is 0.788. The number of aromatic nitrogens is 2. The first-order valence-electron chi connectivity index (χ1n) is 4.41. The molecule has 0 unspecified atom stereocenters. The molecule has 1 aromatic heterocycles. The van der Waals surface area contributed by atoms with Gasteiger partial charge in [0.1, 0.15) is 6.61 Å². The van der Waals surface area contributed by atoms with E-state index in [2.05, 4.69) is 14.9 Å². The minimum Gasteiger partial charge on any atom is -0.449 e. The van der Waals surface area contributed by atoms with Gasteiger partial charge >= 0.3 is 12.3 Å². The Morgan fingerprint density at radius 3 is 2.47 bits per heavy atom. The second kappa shape index (κ2) is 4.50. The summed E-state index contributed by atoms with van der Waals surface area (Å²) in [5.74, 6) is 0.370. The van der Waals surface area contributed by atoms with Crippen LogP contribution in [0, 0.1) is 0 Å². The Balaban J connectivity index is 2.38. The molecule has 0 saturated carbocycles. The third kappa shape index (κ3) is 4.18. The van der Waals surface area contributed by atoms with Crippen molar-refractivity contribution in [1.29, 1.82) is 0 Å². The number of alkyl halides is 3. The van der Waals surface area contributed by atoms with Gasteiger partial charge in [-0.1, -0.05) is 18.9 Å². The molecule has 7 heteroatoms. The maximum atomic E-state index is 11.7. The number of halogens is 3. The number of hydrogen-bond acceptors (Lipinski definition) is 4. The Morgan fingerprint density at radius 1 is 1.33 bits per heavy atom. The maximum absolute atomic E-state index is 11.7. The van der Waals surface area contributed by atoms with Crippen LogP contribution in [0.4, 0.5) is 13.2 Å². The molecule has 0 aliphatic rings. The van der Waals surface area contributed by atoms with Crippen LogP contribution >= 0.6 is 0 Å². The first-order chi connectivity index (χ1) is 6.88. The SMILES string of the molecule is CC(C)c1nnc(OCCC(F)(F)F)o1. The minimum atomic E-state index is -4.24. The van der Waals surface area contributed by atoms with Crippen LogP contribution in [0.1, 0.15) is 32.1 Å². The van der Waals surface area contributed by atoms with Gasteiger partial charge in [0.25, 0.3) is 0 Å². The van der Waals surface area contributed by atoms with Gasteiger partial charge in [-0.15, -0.1) is 5.10 Å². The van der Waals surface area contributed by atoms with Crippen molar-refractivity contribution in [1.82, 2.24) is 10.2 Å². The van der Waals surface area contributed by atoms with Crippen molar-refractivity contribution in [3.8, 4) is 6.08 Å². The number of hydrogen-bond donors (Lipinski definition) is 0.